The van der Waals surface area contributed by atoms with Gasteiger partial charge in [0.15, 0.2) is 0 Å². The molecule has 110 valence electrons. The first kappa shape index (κ1) is 14.7. The van der Waals surface area contributed by atoms with Crippen molar-refractivity contribution in [2.24, 2.45) is 0 Å². The second-order valence-corrected chi connectivity index (χ2v) is 6.36. The molecule has 1 amide bonds. The first-order valence-corrected chi connectivity index (χ1v) is 7.12. The van der Waals surface area contributed by atoms with Crippen LogP contribution < -0.4 is 0 Å². The van der Waals surface area contributed by atoms with E-state index in [0.717, 1.165) is 24.9 Å². The Morgan fingerprint density at radius 3 is 2.80 bits per heavy atom. The van der Waals surface area contributed by atoms with Gasteiger partial charge in [-0.3, -0.25) is 0 Å². The lowest BCUT2D eigenvalue weighted by atomic mass is 9.91. The summed E-state index contributed by atoms with van der Waals surface area (Å²) in [6.45, 7) is 7.02. The second-order valence-electron chi connectivity index (χ2n) is 6.36. The monoisotopic (exact) mass is 277 g/mol. The van der Waals surface area contributed by atoms with E-state index in [9.17, 15) is 9.90 Å². The molecule has 1 fully saturated rings. The van der Waals surface area contributed by atoms with Crippen LogP contribution in [0.1, 0.15) is 45.1 Å². The van der Waals surface area contributed by atoms with Crippen molar-refractivity contribution in [3.8, 4) is 5.75 Å². The predicted octanol–water partition coefficient (Wildman–Crippen LogP) is 3.51. The molecule has 0 bridgehead atoms. The molecule has 0 spiro atoms. The van der Waals surface area contributed by atoms with E-state index in [4.69, 9.17) is 4.74 Å². The zero-order valence-electron chi connectivity index (χ0n) is 12.4. The summed E-state index contributed by atoms with van der Waals surface area (Å²) in [6.07, 6.45) is 1.74. The van der Waals surface area contributed by atoms with Crippen molar-refractivity contribution in [3.05, 3.63) is 29.8 Å². The van der Waals surface area contributed by atoms with Gasteiger partial charge in [0, 0.05) is 19.0 Å². The molecule has 0 radical (unpaired) electrons. The van der Waals surface area contributed by atoms with Crippen LogP contribution in [0, 0.1) is 0 Å². The highest BCUT2D eigenvalue weighted by atomic mass is 16.6. The summed E-state index contributed by atoms with van der Waals surface area (Å²) in [7, 11) is 0. The molecule has 0 saturated carbocycles. The van der Waals surface area contributed by atoms with Crippen LogP contribution in [0.25, 0.3) is 0 Å². The van der Waals surface area contributed by atoms with E-state index < -0.39 is 5.60 Å². The van der Waals surface area contributed by atoms with Gasteiger partial charge in [-0.15, -0.1) is 0 Å². The third kappa shape index (κ3) is 3.89. The molecule has 1 aliphatic rings. The summed E-state index contributed by atoms with van der Waals surface area (Å²) in [5, 5.41) is 9.57. The van der Waals surface area contributed by atoms with Crippen LogP contribution in [0.2, 0.25) is 0 Å². The Kier molecular flexibility index (Phi) is 4.21. The molecule has 1 atom stereocenters. The number of rotatable bonds is 1. The lowest BCUT2D eigenvalue weighted by Crippen LogP contribution is -2.42. The van der Waals surface area contributed by atoms with Crippen LogP contribution >= 0.6 is 0 Å². The van der Waals surface area contributed by atoms with E-state index in [1.807, 2.05) is 32.9 Å². The minimum absolute atomic E-state index is 0.248. The summed E-state index contributed by atoms with van der Waals surface area (Å²) in [6, 6.07) is 7.29. The predicted molar refractivity (Wildman–Crippen MR) is 77.9 cm³/mol. The second kappa shape index (κ2) is 5.73. The van der Waals surface area contributed by atoms with E-state index in [0.29, 0.717) is 6.54 Å². The molecule has 1 aliphatic heterocycles. The highest BCUT2D eigenvalue weighted by Gasteiger charge is 2.28. The van der Waals surface area contributed by atoms with E-state index in [2.05, 4.69) is 0 Å². The first-order valence-electron chi connectivity index (χ1n) is 7.12. The van der Waals surface area contributed by atoms with Gasteiger partial charge < -0.3 is 14.7 Å². The Hall–Kier alpha value is -1.71. The number of likely N-dealkylation sites (tertiary alicyclic amines) is 1. The smallest absolute Gasteiger partial charge is 0.410 e. The van der Waals surface area contributed by atoms with Gasteiger partial charge in [0.05, 0.1) is 0 Å². The fraction of sp³-hybridized carbons (Fsp3) is 0.562. The van der Waals surface area contributed by atoms with Crippen LogP contribution in [-0.4, -0.2) is 34.8 Å². The number of benzene rings is 1. The molecular weight excluding hydrogens is 254 g/mol. The number of phenolic OH excluding ortho intramolecular Hbond substituents is 1. The third-order valence-electron chi connectivity index (χ3n) is 3.41. The standard InChI is InChI=1S/C16H23NO3/c1-16(2,3)20-15(19)17-9-5-7-13(11-17)12-6-4-8-14(18)10-12/h4,6,8,10,13,18H,5,7,9,11H2,1-3H3. The number of hydrogen-bond donors (Lipinski definition) is 1. The normalized spacial score (nSPS) is 19.8. The fourth-order valence-corrected chi connectivity index (χ4v) is 2.52. The van der Waals surface area contributed by atoms with Crippen molar-refractivity contribution in [3.63, 3.8) is 0 Å². The molecule has 1 heterocycles. The van der Waals surface area contributed by atoms with Gasteiger partial charge in [-0.25, -0.2) is 4.79 Å². The molecule has 20 heavy (non-hydrogen) atoms. The summed E-state index contributed by atoms with van der Waals surface area (Å²) in [5.41, 5.74) is 0.618. The number of piperidine rings is 1. The molecule has 1 unspecified atom stereocenters. The molecule has 4 heteroatoms. The highest BCUT2D eigenvalue weighted by molar-refractivity contribution is 5.68. The number of carbonyl (C=O) groups excluding carboxylic acids is 1. The zero-order valence-corrected chi connectivity index (χ0v) is 12.4. The maximum absolute atomic E-state index is 12.1. The van der Waals surface area contributed by atoms with Crippen molar-refractivity contribution in [1.29, 1.82) is 0 Å². The van der Waals surface area contributed by atoms with Gasteiger partial charge in [0.25, 0.3) is 0 Å². The minimum Gasteiger partial charge on any atom is -0.508 e. The van der Waals surface area contributed by atoms with E-state index in [1.54, 1.807) is 17.0 Å². The molecule has 4 nitrogen and oxygen atoms in total. The molecule has 1 N–H and O–H groups in total. The van der Waals surface area contributed by atoms with Crippen LogP contribution in [-0.2, 0) is 4.74 Å². The van der Waals surface area contributed by atoms with E-state index >= 15 is 0 Å². The summed E-state index contributed by atoms with van der Waals surface area (Å²) < 4.78 is 5.42. The van der Waals surface area contributed by atoms with E-state index in [1.165, 1.54) is 0 Å². The van der Waals surface area contributed by atoms with Gasteiger partial charge in [-0.1, -0.05) is 12.1 Å². The summed E-state index contributed by atoms with van der Waals surface area (Å²) in [5.74, 6) is 0.542. The largest absolute Gasteiger partial charge is 0.508 e. The first-order chi connectivity index (χ1) is 9.35. The third-order valence-corrected chi connectivity index (χ3v) is 3.41. The molecule has 2 rings (SSSR count). The quantitative estimate of drug-likeness (QED) is 0.854. The number of carbonyl (C=O) groups is 1. The number of ether oxygens (including phenoxy) is 1. The molecular formula is C16H23NO3. The van der Waals surface area contributed by atoms with Gasteiger partial charge in [0.2, 0.25) is 0 Å². The number of phenols is 1. The average Bonchev–Trinajstić information content (AvgIpc) is 2.37. The minimum atomic E-state index is -0.463. The van der Waals surface area contributed by atoms with Crippen LogP contribution in [0.3, 0.4) is 0 Å². The molecule has 1 aromatic carbocycles. The lowest BCUT2D eigenvalue weighted by Gasteiger charge is -2.34. The number of hydrogen-bond acceptors (Lipinski definition) is 3. The number of nitrogens with zero attached hydrogens (tertiary/aromatic N) is 1. The van der Waals surface area contributed by atoms with Crippen LogP contribution in [0.5, 0.6) is 5.75 Å². The van der Waals surface area contributed by atoms with Gasteiger partial charge in [-0.05, 0) is 51.3 Å². The Bertz CT molecular complexity index is 479. The molecule has 1 saturated heterocycles. The Morgan fingerprint density at radius 2 is 2.15 bits per heavy atom. The van der Waals surface area contributed by atoms with Crippen molar-refractivity contribution >= 4 is 6.09 Å². The van der Waals surface area contributed by atoms with Gasteiger partial charge in [0.1, 0.15) is 11.4 Å². The SMILES string of the molecule is CC(C)(C)OC(=O)N1CCCC(c2cccc(O)c2)C1. The van der Waals surface area contributed by atoms with Crippen molar-refractivity contribution in [1.82, 2.24) is 4.90 Å². The van der Waals surface area contributed by atoms with Gasteiger partial charge >= 0.3 is 6.09 Å². The maximum atomic E-state index is 12.1. The van der Waals surface area contributed by atoms with Crippen molar-refractivity contribution in [2.75, 3.05) is 13.1 Å². The van der Waals surface area contributed by atoms with E-state index in [-0.39, 0.29) is 17.8 Å². The van der Waals surface area contributed by atoms with Gasteiger partial charge in [-0.2, -0.15) is 0 Å². The topological polar surface area (TPSA) is 49.8 Å². The van der Waals surface area contributed by atoms with Crippen LogP contribution in [0.4, 0.5) is 4.79 Å². The Labute approximate surface area is 120 Å². The Balaban J connectivity index is 2.03. The maximum Gasteiger partial charge on any atom is 0.410 e. The number of aromatic hydroxyl groups is 1. The zero-order chi connectivity index (χ0) is 14.8. The Morgan fingerprint density at radius 1 is 1.40 bits per heavy atom. The summed E-state index contributed by atoms with van der Waals surface area (Å²) in [4.78, 5) is 13.9. The average molecular weight is 277 g/mol. The summed E-state index contributed by atoms with van der Waals surface area (Å²) >= 11 is 0. The molecule has 1 aromatic rings. The molecule has 0 aliphatic carbocycles. The van der Waals surface area contributed by atoms with Crippen molar-refractivity contribution < 1.29 is 14.6 Å². The number of amides is 1. The molecule has 0 aromatic heterocycles. The highest BCUT2D eigenvalue weighted by Crippen LogP contribution is 2.29. The lowest BCUT2D eigenvalue weighted by molar-refractivity contribution is 0.0198. The van der Waals surface area contributed by atoms with Crippen molar-refractivity contribution in [2.45, 2.75) is 45.1 Å². The van der Waals surface area contributed by atoms with Crippen LogP contribution in [0.15, 0.2) is 24.3 Å². The fourth-order valence-electron chi connectivity index (χ4n) is 2.52.